The van der Waals surface area contributed by atoms with Gasteiger partial charge >= 0.3 is 5.97 Å². The molecule has 2 aromatic rings. The fourth-order valence-corrected chi connectivity index (χ4v) is 3.57. The summed E-state index contributed by atoms with van der Waals surface area (Å²) in [5.41, 5.74) is 1.93. The minimum atomic E-state index is -3.73. The molecule has 0 aromatic heterocycles. The molecule has 0 saturated carbocycles. The molecule has 2 rings (SSSR count). The fraction of sp³-hybridized carbons (Fsp3) is 0.211. The summed E-state index contributed by atoms with van der Waals surface area (Å²) in [7, 11) is -3.73. The van der Waals surface area contributed by atoms with Crippen LogP contribution in [0, 0.1) is 6.92 Å². The highest BCUT2D eigenvalue weighted by Crippen LogP contribution is 2.19. The van der Waals surface area contributed by atoms with Crippen LogP contribution in [0.2, 0.25) is 0 Å². The quantitative estimate of drug-likeness (QED) is 0.529. The predicted octanol–water partition coefficient (Wildman–Crippen LogP) is 3.68. The number of aryl methyl sites for hydroxylation is 1. The minimum Gasteiger partial charge on any atom is -0.463 e. The Morgan fingerprint density at radius 3 is 2.42 bits per heavy atom. The Hall–Kier alpha value is -1.96. The van der Waals surface area contributed by atoms with Gasteiger partial charge in [-0.2, -0.15) is 0 Å². The van der Waals surface area contributed by atoms with Gasteiger partial charge in [0.25, 0.3) is 0 Å². The molecule has 0 fully saturated rings. The maximum absolute atomic E-state index is 12.4. The number of sulfonamides is 1. The van der Waals surface area contributed by atoms with Crippen LogP contribution in [0.5, 0.6) is 0 Å². The smallest absolute Gasteiger partial charge is 0.335 e. The normalized spacial score (nSPS) is 12.0. The minimum absolute atomic E-state index is 0.146. The number of benzene rings is 2. The molecule has 1 N–H and O–H groups in total. The van der Waals surface area contributed by atoms with Crippen molar-refractivity contribution >= 4 is 38.0 Å². The van der Waals surface area contributed by atoms with Crippen molar-refractivity contribution < 1.29 is 17.9 Å². The zero-order valence-corrected chi connectivity index (χ0v) is 16.9. The van der Waals surface area contributed by atoms with E-state index in [-0.39, 0.29) is 23.6 Å². The first kappa shape index (κ1) is 20.4. The predicted molar refractivity (Wildman–Crippen MR) is 105 cm³/mol. The van der Waals surface area contributed by atoms with E-state index < -0.39 is 16.0 Å². The van der Waals surface area contributed by atoms with Gasteiger partial charge in [-0.3, -0.25) is 0 Å². The number of rotatable bonds is 7. The van der Waals surface area contributed by atoms with E-state index in [9.17, 15) is 13.2 Å². The Morgan fingerprint density at radius 2 is 1.81 bits per heavy atom. The highest BCUT2D eigenvalue weighted by Gasteiger charge is 2.18. The summed E-state index contributed by atoms with van der Waals surface area (Å²) in [4.78, 5) is 12.4. The van der Waals surface area contributed by atoms with E-state index >= 15 is 0 Å². The molecule has 0 aliphatic rings. The van der Waals surface area contributed by atoms with Crippen LogP contribution in [0.15, 0.2) is 63.5 Å². The van der Waals surface area contributed by atoms with Crippen molar-refractivity contribution in [1.29, 1.82) is 0 Å². The standard InChI is InChI=1S/C19H20BrNO4S/c1-3-25-19(22)16(12-15-6-4-5-7-18(15)20)13-21-26(23,24)17-10-8-14(2)9-11-17/h4-12,21H,3,13H2,1-2H3/b16-12+. The van der Waals surface area contributed by atoms with Crippen LogP contribution in [-0.2, 0) is 19.6 Å². The lowest BCUT2D eigenvalue weighted by Gasteiger charge is -2.10. The summed E-state index contributed by atoms with van der Waals surface area (Å²) >= 11 is 3.41. The lowest BCUT2D eigenvalue weighted by atomic mass is 10.1. The van der Waals surface area contributed by atoms with Gasteiger partial charge in [0.05, 0.1) is 17.1 Å². The van der Waals surface area contributed by atoms with Gasteiger partial charge in [0.2, 0.25) is 10.0 Å². The van der Waals surface area contributed by atoms with Crippen LogP contribution in [-0.4, -0.2) is 27.5 Å². The topological polar surface area (TPSA) is 72.5 Å². The van der Waals surface area contributed by atoms with Gasteiger partial charge in [-0.1, -0.05) is 51.8 Å². The molecule has 0 aliphatic carbocycles. The molecule has 0 unspecified atom stereocenters. The maximum Gasteiger partial charge on any atom is 0.335 e. The van der Waals surface area contributed by atoms with Gasteiger partial charge in [0, 0.05) is 11.0 Å². The highest BCUT2D eigenvalue weighted by atomic mass is 79.9. The average molecular weight is 438 g/mol. The van der Waals surface area contributed by atoms with E-state index in [4.69, 9.17) is 4.74 Å². The van der Waals surface area contributed by atoms with Gasteiger partial charge in [-0.15, -0.1) is 0 Å². The summed E-state index contributed by atoms with van der Waals surface area (Å²) in [6.07, 6.45) is 1.61. The van der Waals surface area contributed by atoms with E-state index in [1.807, 2.05) is 31.2 Å². The number of esters is 1. The second-order valence-electron chi connectivity index (χ2n) is 5.55. The first-order valence-electron chi connectivity index (χ1n) is 8.02. The summed E-state index contributed by atoms with van der Waals surface area (Å²) in [6.45, 7) is 3.61. The van der Waals surface area contributed by atoms with Crippen molar-refractivity contribution in [1.82, 2.24) is 4.72 Å². The van der Waals surface area contributed by atoms with Crippen LogP contribution >= 0.6 is 15.9 Å². The third-order valence-corrected chi connectivity index (χ3v) is 5.70. The SMILES string of the molecule is CCOC(=O)/C(=C/c1ccccc1Br)CNS(=O)(=O)c1ccc(C)cc1. The van der Waals surface area contributed by atoms with Crippen LogP contribution < -0.4 is 4.72 Å². The molecule has 7 heteroatoms. The molecule has 0 aliphatic heterocycles. The van der Waals surface area contributed by atoms with Crippen molar-refractivity contribution in [2.75, 3.05) is 13.2 Å². The number of hydrogen-bond donors (Lipinski definition) is 1. The molecule has 0 heterocycles. The molecule has 138 valence electrons. The van der Waals surface area contributed by atoms with E-state index in [1.54, 1.807) is 25.1 Å². The first-order valence-corrected chi connectivity index (χ1v) is 10.3. The van der Waals surface area contributed by atoms with E-state index in [1.165, 1.54) is 12.1 Å². The monoisotopic (exact) mass is 437 g/mol. The molecule has 26 heavy (non-hydrogen) atoms. The number of halogens is 1. The van der Waals surface area contributed by atoms with Gasteiger partial charge < -0.3 is 4.74 Å². The lowest BCUT2D eigenvalue weighted by Crippen LogP contribution is -2.28. The van der Waals surface area contributed by atoms with Gasteiger partial charge in [0.1, 0.15) is 0 Å². The van der Waals surface area contributed by atoms with E-state index in [0.29, 0.717) is 0 Å². The fourth-order valence-electron chi connectivity index (χ4n) is 2.16. The summed E-state index contributed by atoms with van der Waals surface area (Å²) in [5.74, 6) is -0.560. The first-order chi connectivity index (χ1) is 12.3. The van der Waals surface area contributed by atoms with Crippen LogP contribution in [0.1, 0.15) is 18.1 Å². The number of carbonyl (C=O) groups excluding carboxylic acids is 1. The van der Waals surface area contributed by atoms with Gasteiger partial charge in [-0.05, 0) is 43.7 Å². The zero-order valence-electron chi connectivity index (χ0n) is 14.5. The number of carbonyl (C=O) groups is 1. The Bertz CT molecular complexity index is 905. The maximum atomic E-state index is 12.4. The van der Waals surface area contributed by atoms with Crippen molar-refractivity contribution in [2.45, 2.75) is 18.7 Å². The van der Waals surface area contributed by atoms with Gasteiger partial charge in [0.15, 0.2) is 0 Å². The molecule has 0 amide bonds. The second-order valence-corrected chi connectivity index (χ2v) is 8.17. The van der Waals surface area contributed by atoms with Crippen LogP contribution in [0.3, 0.4) is 0 Å². The van der Waals surface area contributed by atoms with Crippen molar-refractivity contribution in [3.8, 4) is 0 Å². The van der Waals surface area contributed by atoms with Crippen molar-refractivity contribution in [3.63, 3.8) is 0 Å². The molecular formula is C19H20BrNO4S. The number of ether oxygens (including phenoxy) is 1. The Kier molecular flexibility index (Phi) is 7.14. The summed E-state index contributed by atoms with van der Waals surface area (Å²) in [6, 6.07) is 13.8. The van der Waals surface area contributed by atoms with E-state index in [0.717, 1.165) is 15.6 Å². The molecule has 0 saturated heterocycles. The molecule has 0 atom stereocenters. The van der Waals surface area contributed by atoms with Gasteiger partial charge in [-0.25, -0.2) is 17.9 Å². The lowest BCUT2D eigenvalue weighted by molar-refractivity contribution is -0.138. The van der Waals surface area contributed by atoms with Crippen molar-refractivity contribution in [3.05, 3.63) is 69.7 Å². The highest BCUT2D eigenvalue weighted by molar-refractivity contribution is 9.10. The Labute approximate surface area is 162 Å². The van der Waals surface area contributed by atoms with E-state index in [2.05, 4.69) is 20.7 Å². The molecule has 0 radical (unpaired) electrons. The second kappa shape index (κ2) is 9.12. The zero-order chi connectivity index (χ0) is 19.2. The molecule has 0 spiro atoms. The Balaban J connectivity index is 2.26. The largest absolute Gasteiger partial charge is 0.463 e. The molecule has 5 nitrogen and oxygen atoms in total. The average Bonchev–Trinajstić information content (AvgIpc) is 2.60. The summed E-state index contributed by atoms with van der Waals surface area (Å²) in [5, 5.41) is 0. The molecule has 2 aromatic carbocycles. The molecular weight excluding hydrogens is 418 g/mol. The number of nitrogens with one attached hydrogen (secondary N) is 1. The Morgan fingerprint density at radius 1 is 1.15 bits per heavy atom. The number of hydrogen-bond acceptors (Lipinski definition) is 4. The third kappa shape index (κ3) is 5.52. The molecule has 0 bridgehead atoms. The third-order valence-electron chi connectivity index (χ3n) is 3.56. The van der Waals surface area contributed by atoms with Crippen molar-refractivity contribution in [2.24, 2.45) is 0 Å². The summed E-state index contributed by atoms with van der Waals surface area (Å²) < 4.78 is 33.2. The van der Waals surface area contributed by atoms with Crippen LogP contribution in [0.25, 0.3) is 6.08 Å². The van der Waals surface area contributed by atoms with Crippen LogP contribution in [0.4, 0.5) is 0 Å².